The highest BCUT2D eigenvalue weighted by atomic mass is 32.2. The highest BCUT2D eigenvalue weighted by Crippen LogP contribution is 2.22. The number of methoxy groups -OCH3 is 1. The number of hydrogen-bond acceptors (Lipinski definition) is 5. The summed E-state index contributed by atoms with van der Waals surface area (Å²) in [6, 6.07) is 7.97. The fourth-order valence-electron chi connectivity index (χ4n) is 3.51. The van der Waals surface area contributed by atoms with Gasteiger partial charge in [-0.25, -0.2) is 0 Å². The summed E-state index contributed by atoms with van der Waals surface area (Å²) in [6.45, 7) is 4.48. The number of anilines is 1. The van der Waals surface area contributed by atoms with Crippen molar-refractivity contribution in [2.24, 2.45) is 0 Å². The van der Waals surface area contributed by atoms with Gasteiger partial charge in [0.05, 0.1) is 6.10 Å². The third-order valence-electron chi connectivity index (χ3n) is 5.18. The fourth-order valence-corrected chi connectivity index (χ4v) is 4.59. The molecule has 3 rings (SSSR count). The summed E-state index contributed by atoms with van der Waals surface area (Å²) in [4.78, 5) is 14.7. The van der Waals surface area contributed by atoms with Crippen molar-refractivity contribution in [1.29, 1.82) is 0 Å². The third kappa shape index (κ3) is 5.63. The monoisotopic (exact) mass is 378 g/mol. The van der Waals surface area contributed by atoms with Gasteiger partial charge in [-0.05, 0) is 49.9 Å². The minimum Gasteiger partial charge on any atom is -0.381 e. The molecule has 2 aliphatic heterocycles. The van der Waals surface area contributed by atoms with Gasteiger partial charge in [0.25, 0.3) is 5.91 Å². The maximum atomic E-state index is 12.3. The van der Waals surface area contributed by atoms with E-state index in [9.17, 15) is 4.79 Å². The summed E-state index contributed by atoms with van der Waals surface area (Å²) in [5, 5.41) is 3.71. The van der Waals surface area contributed by atoms with Crippen molar-refractivity contribution in [2.45, 2.75) is 37.0 Å². The first-order chi connectivity index (χ1) is 12.8. The molecule has 0 spiro atoms. The van der Waals surface area contributed by atoms with Gasteiger partial charge in [0.15, 0.2) is 0 Å². The van der Waals surface area contributed by atoms with Gasteiger partial charge >= 0.3 is 0 Å². The number of carbonyl (C=O) groups excluding carboxylic acids is 1. The van der Waals surface area contributed by atoms with E-state index < -0.39 is 0 Å². The maximum Gasteiger partial charge on any atom is 0.251 e. The zero-order chi connectivity index (χ0) is 18.2. The van der Waals surface area contributed by atoms with Crippen molar-refractivity contribution < 1.29 is 14.3 Å². The molecule has 2 aliphatic rings. The van der Waals surface area contributed by atoms with E-state index in [1.54, 1.807) is 7.11 Å². The molecular formula is C20H30N2O3S. The molecule has 26 heavy (non-hydrogen) atoms. The molecule has 0 unspecified atom stereocenters. The van der Waals surface area contributed by atoms with E-state index in [0.29, 0.717) is 17.9 Å². The van der Waals surface area contributed by atoms with Crippen LogP contribution in [0.3, 0.4) is 0 Å². The number of ether oxygens (including phenoxy) is 2. The number of rotatable bonds is 7. The maximum absolute atomic E-state index is 12.3. The summed E-state index contributed by atoms with van der Waals surface area (Å²) in [5.74, 6) is 0.977. The van der Waals surface area contributed by atoms with Gasteiger partial charge in [0, 0.05) is 62.2 Å². The largest absolute Gasteiger partial charge is 0.381 e. The molecule has 1 N–H and O–H groups in total. The quantitative estimate of drug-likeness (QED) is 0.740. The summed E-state index contributed by atoms with van der Waals surface area (Å²) < 4.78 is 10.8. The molecule has 0 aromatic heterocycles. The van der Waals surface area contributed by atoms with E-state index in [1.807, 2.05) is 23.9 Å². The molecular weight excluding hydrogens is 348 g/mol. The molecule has 0 radical (unpaired) electrons. The van der Waals surface area contributed by atoms with Crippen LogP contribution in [0.5, 0.6) is 0 Å². The topological polar surface area (TPSA) is 50.8 Å². The van der Waals surface area contributed by atoms with Crippen molar-refractivity contribution in [3.05, 3.63) is 29.8 Å². The van der Waals surface area contributed by atoms with E-state index in [2.05, 4.69) is 22.3 Å². The Balaban J connectivity index is 1.39. The van der Waals surface area contributed by atoms with Crippen LogP contribution >= 0.6 is 11.8 Å². The van der Waals surface area contributed by atoms with Crippen molar-refractivity contribution >= 4 is 23.4 Å². The summed E-state index contributed by atoms with van der Waals surface area (Å²) in [7, 11) is 1.79. The number of carbonyl (C=O) groups is 1. The number of amides is 1. The predicted molar refractivity (Wildman–Crippen MR) is 107 cm³/mol. The van der Waals surface area contributed by atoms with Crippen LogP contribution in [0, 0.1) is 0 Å². The molecule has 2 fully saturated rings. The van der Waals surface area contributed by atoms with Gasteiger partial charge in [-0.3, -0.25) is 4.79 Å². The first-order valence-corrected chi connectivity index (χ1v) is 10.7. The molecule has 2 heterocycles. The Morgan fingerprint density at radius 2 is 1.88 bits per heavy atom. The van der Waals surface area contributed by atoms with Crippen molar-refractivity contribution in [3.8, 4) is 0 Å². The van der Waals surface area contributed by atoms with E-state index in [4.69, 9.17) is 9.47 Å². The Bertz CT molecular complexity index is 553. The Kier molecular flexibility index (Phi) is 7.65. The van der Waals surface area contributed by atoms with E-state index in [-0.39, 0.29) is 5.91 Å². The lowest BCUT2D eigenvalue weighted by Gasteiger charge is -2.33. The minimum atomic E-state index is 0.0159. The van der Waals surface area contributed by atoms with Crippen molar-refractivity contribution in [3.63, 3.8) is 0 Å². The standard InChI is InChI=1S/C20H30N2O3S/c1-24-18-6-11-22(12-7-18)17-4-2-16(3-5-17)20(23)21-10-15-26-19-8-13-25-14-9-19/h2-5,18-19H,6-15H2,1H3,(H,21,23). The lowest BCUT2D eigenvalue weighted by molar-refractivity contribution is 0.0819. The number of nitrogens with zero attached hydrogens (tertiary/aromatic N) is 1. The molecule has 0 aliphatic carbocycles. The molecule has 2 saturated heterocycles. The Hall–Kier alpha value is -1.24. The molecule has 1 amide bonds. The second kappa shape index (κ2) is 10.2. The Morgan fingerprint density at radius 1 is 1.19 bits per heavy atom. The average Bonchev–Trinajstić information content (AvgIpc) is 2.72. The number of thioether (sulfide) groups is 1. The SMILES string of the molecule is COC1CCN(c2ccc(C(=O)NCCSC3CCOCC3)cc2)CC1. The van der Waals surface area contributed by atoms with Gasteiger partial charge in [0.1, 0.15) is 0 Å². The van der Waals surface area contributed by atoms with Crippen LogP contribution in [0.15, 0.2) is 24.3 Å². The highest BCUT2D eigenvalue weighted by molar-refractivity contribution is 7.99. The van der Waals surface area contributed by atoms with Crippen LogP contribution in [-0.4, -0.2) is 63.0 Å². The van der Waals surface area contributed by atoms with Gasteiger partial charge in [-0.1, -0.05) is 0 Å². The van der Waals surface area contributed by atoms with Gasteiger partial charge in [-0.15, -0.1) is 0 Å². The van der Waals surface area contributed by atoms with E-state index >= 15 is 0 Å². The predicted octanol–water partition coefficient (Wildman–Crippen LogP) is 2.94. The van der Waals surface area contributed by atoms with Crippen LogP contribution in [0.2, 0.25) is 0 Å². The number of hydrogen-bond donors (Lipinski definition) is 1. The van der Waals surface area contributed by atoms with Crippen LogP contribution in [0.1, 0.15) is 36.0 Å². The van der Waals surface area contributed by atoms with Crippen molar-refractivity contribution in [1.82, 2.24) is 5.32 Å². The third-order valence-corrected chi connectivity index (χ3v) is 6.56. The molecule has 6 heteroatoms. The average molecular weight is 379 g/mol. The van der Waals surface area contributed by atoms with E-state index in [1.165, 1.54) is 5.69 Å². The van der Waals surface area contributed by atoms with Gasteiger partial charge in [0.2, 0.25) is 0 Å². The zero-order valence-electron chi connectivity index (χ0n) is 15.6. The van der Waals surface area contributed by atoms with Gasteiger partial charge < -0.3 is 19.7 Å². The van der Waals surface area contributed by atoms with Crippen LogP contribution in [0.25, 0.3) is 0 Å². The van der Waals surface area contributed by atoms with Crippen LogP contribution in [0.4, 0.5) is 5.69 Å². The number of benzene rings is 1. The fraction of sp³-hybridized carbons (Fsp3) is 0.650. The molecule has 0 saturated carbocycles. The lowest BCUT2D eigenvalue weighted by Crippen LogP contribution is -2.36. The Morgan fingerprint density at radius 3 is 2.54 bits per heavy atom. The van der Waals surface area contributed by atoms with Crippen LogP contribution in [-0.2, 0) is 9.47 Å². The number of piperidine rings is 1. The smallest absolute Gasteiger partial charge is 0.251 e. The van der Waals surface area contributed by atoms with Crippen LogP contribution < -0.4 is 10.2 Å². The summed E-state index contributed by atoms with van der Waals surface area (Å²) >= 11 is 1.95. The summed E-state index contributed by atoms with van der Waals surface area (Å²) in [5.41, 5.74) is 1.92. The molecule has 0 bridgehead atoms. The van der Waals surface area contributed by atoms with Gasteiger partial charge in [-0.2, -0.15) is 11.8 Å². The molecule has 1 aromatic rings. The lowest BCUT2D eigenvalue weighted by atomic mass is 10.1. The molecule has 0 atom stereocenters. The highest BCUT2D eigenvalue weighted by Gasteiger charge is 2.19. The zero-order valence-corrected chi connectivity index (χ0v) is 16.4. The number of nitrogens with one attached hydrogen (secondary N) is 1. The second-order valence-corrected chi connectivity index (χ2v) is 8.32. The first-order valence-electron chi connectivity index (χ1n) is 9.61. The van der Waals surface area contributed by atoms with E-state index in [0.717, 1.165) is 63.3 Å². The first kappa shape index (κ1) is 19.5. The molecule has 144 valence electrons. The molecule has 1 aromatic carbocycles. The minimum absolute atomic E-state index is 0.0159. The molecule has 5 nitrogen and oxygen atoms in total. The normalized spacial score (nSPS) is 19.5. The summed E-state index contributed by atoms with van der Waals surface area (Å²) in [6.07, 6.45) is 4.76. The second-order valence-electron chi connectivity index (χ2n) is 6.91. The van der Waals surface area contributed by atoms with Crippen molar-refractivity contribution in [2.75, 3.05) is 50.6 Å². The Labute approximate surface area is 160 Å².